The molecule has 1 aliphatic heterocycles. The molecule has 5 nitrogen and oxygen atoms in total. The van der Waals surface area contributed by atoms with E-state index in [4.69, 9.17) is 5.11 Å². The summed E-state index contributed by atoms with van der Waals surface area (Å²) in [5.74, 6) is -0.947. The highest BCUT2D eigenvalue weighted by Gasteiger charge is 2.16. The minimum atomic E-state index is -0.947. The van der Waals surface area contributed by atoms with Crippen LogP contribution in [0.5, 0.6) is 0 Å². The van der Waals surface area contributed by atoms with E-state index in [0.717, 1.165) is 38.2 Å². The smallest absolute Gasteiger partial charge is 0.354 e. The van der Waals surface area contributed by atoms with E-state index in [2.05, 4.69) is 21.8 Å². The summed E-state index contributed by atoms with van der Waals surface area (Å²) in [7, 11) is 2.12. The van der Waals surface area contributed by atoms with Crippen LogP contribution in [-0.2, 0) is 6.54 Å². The van der Waals surface area contributed by atoms with Gasteiger partial charge in [-0.15, -0.1) is 0 Å². The molecule has 1 fully saturated rings. The summed E-state index contributed by atoms with van der Waals surface area (Å²) in [6.07, 6.45) is 2.66. The van der Waals surface area contributed by atoms with Gasteiger partial charge >= 0.3 is 5.97 Å². The topological polar surface area (TPSA) is 56.7 Å². The van der Waals surface area contributed by atoms with Crippen LogP contribution < -0.4 is 0 Å². The summed E-state index contributed by atoms with van der Waals surface area (Å²) < 4.78 is 0. The predicted molar refractivity (Wildman–Crippen MR) is 68.6 cm³/mol. The van der Waals surface area contributed by atoms with Gasteiger partial charge in [0.15, 0.2) is 5.69 Å². The molecule has 0 saturated carbocycles. The zero-order valence-corrected chi connectivity index (χ0v) is 10.7. The number of aromatic nitrogens is 1. The van der Waals surface area contributed by atoms with Gasteiger partial charge in [-0.1, -0.05) is 6.07 Å². The second-order valence-electron chi connectivity index (χ2n) is 4.75. The van der Waals surface area contributed by atoms with Gasteiger partial charge in [0.05, 0.1) is 0 Å². The van der Waals surface area contributed by atoms with Crippen molar-refractivity contribution in [3.63, 3.8) is 0 Å². The fourth-order valence-electron chi connectivity index (χ4n) is 2.26. The zero-order valence-electron chi connectivity index (χ0n) is 10.7. The molecule has 0 atom stereocenters. The third kappa shape index (κ3) is 3.27. The fourth-order valence-corrected chi connectivity index (χ4v) is 2.26. The fraction of sp³-hybridized carbons (Fsp3) is 0.538. The Balaban J connectivity index is 2.06. The Bertz CT molecular complexity index is 422. The van der Waals surface area contributed by atoms with Gasteiger partial charge in [0, 0.05) is 25.8 Å². The van der Waals surface area contributed by atoms with Gasteiger partial charge in [-0.05, 0) is 38.2 Å². The summed E-state index contributed by atoms with van der Waals surface area (Å²) in [4.78, 5) is 19.6. The second kappa shape index (κ2) is 5.93. The summed E-state index contributed by atoms with van der Waals surface area (Å²) in [6.45, 7) is 4.80. The number of hydrogen-bond donors (Lipinski definition) is 1. The van der Waals surface area contributed by atoms with Crippen LogP contribution in [0, 0.1) is 0 Å². The monoisotopic (exact) mass is 249 g/mol. The lowest BCUT2D eigenvalue weighted by Gasteiger charge is -2.20. The molecule has 0 radical (unpaired) electrons. The van der Waals surface area contributed by atoms with Crippen molar-refractivity contribution < 1.29 is 9.90 Å². The number of nitrogens with zero attached hydrogens (tertiary/aromatic N) is 3. The van der Waals surface area contributed by atoms with Crippen LogP contribution in [0.2, 0.25) is 0 Å². The molecular formula is C13H19N3O2. The van der Waals surface area contributed by atoms with Gasteiger partial charge in [0.2, 0.25) is 0 Å². The molecule has 1 aromatic rings. The van der Waals surface area contributed by atoms with Crippen molar-refractivity contribution in [2.24, 2.45) is 0 Å². The Morgan fingerprint density at radius 1 is 1.39 bits per heavy atom. The van der Waals surface area contributed by atoms with E-state index < -0.39 is 5.97 Å². The summed E-state index contributed by atoms with van der Waals surface area (Å²) >= 11 is 0. The summed E-state index contributed by atoms with van der Waals surface area (Å²) in [5, 5.41) is 9.10. The molecule has 1 aliphatic rings. The zero-order chi connectivity index (χ0) is 13.0. The van der Waals surface area contributed by atoms with E-state index in [-0.39, 0.29) is 5.69 Å². The maximum absolute atomic E-state index is 11.1. The van der Waals surface area contributed by atoms with E-state index in [1.807, 2.05) is 6.07 Å². The Labute approximate surface area is 107 Å². The number of carboxylic acid groups (broad SMARTS) is 1. The highest BCUT2D eigenvalue weighted by atomic mass is 16.4. The molecule has 0 spiro atoms. The lowest BCUT2D eigenvalue weighted by Crippen LogP contribution is -2.29. The van der Waals surface area contributed by atoms with Gasteiger partial charge in [0.1, 0.15) is 0 Å². The van der Waals surface area contributed by atoms with E-state index >= 15 is 0 Å². The Kier molecular flexibility index (Phi) is 4.28. The molecule has 0 aromatic carbocycles. The van der Waals surface area contributed by atoms with Crippen molar-refractivity contribution in [3.05, 3.63) is 29.6 Å². The number of carbonyl (C=O) groups is 1. The van der Waals surface area contributed by atoms with Crippen LogP contribution in [0.15, 0.2) is 18.3 Å². The largest absolute Gasteiger partial charge is 0.477 e. The number of carboxylic acids is 1. The van der Waals surface area contributed by atoms with Crippen molar-refractivity contribution in [1.29, 1.82) is 0 Å². The van der Waals surface area contributed by atoms with Gasteiger partial charge in [-0.25, -0.2) is 9.78 Å². The molecule has 1 aromatic heterocycles. The van der Waals surface area contributed by atoms with E-state index in [0.29, 0.717) is 6.54 Å². The van der Waals surface area contributed by atoms with Gasteiger partial charge in [-0.3, -0.25) is 4.90 Å². The maximum atomic E-state index is 11.1. The van der Waals surface area contributed by atoms with Crippen LogP contribution in [0.1, 0.15) is 22.5 Å². The summed E-state index contributed by atoms with van der Waals surface area (Å²) in [5.41, 5.74) is 0.977. The van der Waals surface area contributed by atoms with Crippen molar-refractivity contribution in [3.8, 4) is 0 Å². The lowest BCUT2D eigenvalue weighted by molar-refractivity contribution is 0.0688. The third-order valence-electron chi connectivity index (χ3n) is 3.30. The Hall–Kier alpha value is -1.46. The molecule has 0 amide bonds. The molecule has 1 N–H and O–H groups in total. The first kappa shape index (κ1) is 13.0. The molecule has 5 heteroatoms. The molecule has 0 unspecified atom stereocenters. The third-order valence-corrected chi connectivity index (χ3v) is 3.30. The molecule has 2 rings (SSSR count). The molecular weight excluding hydrogens is 230 g/mol. The van der Waals surface area contributed by atoms with E-state index in [9.17, 15) is 4.79 Å². The van der Waals surface area contributed by atoms with Crippen LogP contribution in [0.4, 0.5) is 0 Å². The van der Waals surface area contributed by atoms with Crippen molar-refractivity contribution in [2.75, 3.05) is 33.2 Å². The van der Waals surface area contributed by atoms with Crippen molar-refractivity contribution in [1.82, 2.24) is 14.8 Å². The predicted octanol–water partition coefficient (Wildman–Crippen LogP) is 0.917. The maximum Gasteiger partial charge on any atom is 0.354 e. The standard InChI is InChI=1S/C13H19N3O2/c1-15-6-3-7-16(9-8-15)10-11-4-2-5-14-12(11)13(17)18/h2,4-5H,3,6-10H2,1H3,(H,17,18). The van der Waals surface area contributed by atoms with Crippen molar-refractivity contribution >= 4 is 5.97 Å². The number of hydrogen-bond acceptors (Lipinski definition) is 4. The number of rotatable bonds is 3. The normalized spacial score (nSPS) is 18.5. The quantitative estimate of drug-likeness (QED) is 0.863. The number of pyridine rings is 1. The minimum absolute atomic E-state index is 0.176. The highest BCUT2D eigenvalue weighted by molar-refractivity contribution is 5.86. The Morgan fingerprint density at radius 2 is 2.22 bits per heavy atom. The van der Waals surface area contributed by atoms with Crippen LogP contribution >= 0.6 is 0 Å². The first-order chi connectivity index (χ1) is 8.66. The molecule has 98 valence electrons. The minimum Gasteiger partial charge on any atom is -0.477 e. The van der Waals surface area contributed by atoms with Crippen LogP contribution in [-0.4, -0.2) is 59.1 Å². The van der Waals surface area contributed by atoms with Crippen LogP contribution in [0.3, 0.4) is 0 Å². The molecule has 18 heavy (non-hydrogen) atoms. The second-order valence-corrected chi connectivity index (χ2v) is 4.75. The van der Waals surface area contributed by atoms with Gasteiger partial charge in [-0.2, -0.15) is 0 Å². The summed E-state index contributed by atoms with van der Waals surface area (Å²) in [6, 6.07) is 3.65. The number of aromatic carboxylic acids is 1. The van der Waals surface area contributed by atoms with E-state index in [1.165, 1.54) is 6.20 Å². The van der Waals surface area contributed by atoms with Gasteiger partial charge in [0.25, 0.3) is 0 Å². The molecule has 0 bridgehead atoms. The van der Waals surface area contributed by atoms with Gasteiger partial charge < -0.3 is 10.0 Å². The average molecular weight is 249 g/mol. The molecule has 2 heterocycles. The molecule has 0 aliphatic carbocycles. The molecule has 1 saturated heterocycles. The first-order valence-corrected chi connectivity index (χ1v) is 6.25. The highest BCUT2D eigenvalue weighted by Crippen LogP contribution is 2.11. The first-order valence-electron chi connectivity index (χ1n) is 6.25. The number of likely N-dealkylation sites (N-methyl/N-ethyl adjacent to an activating group) is 1. The van der Waals surface area contributed by atoms with Crippen molar-refractivity contribution in [2.45, 2.75) is 13.0 Å². The lowest BCUT2D eigenvalue weighted by atomic mass is 10.1. The average Bonchev–Trinajstić information content (AvgIpc) is 2.55. The SMILES string of the molecule is CN1CCCN(Cc2cccnc2C(=O)O)CC1. The van der Waals surface area contributed by atoms with Crippen LogP contribution in [0.25, 0.3) is 0 Å². The van der Waals surface area contributed by atoms with E-state index in [1.54, 1.807) is 6.07 Å². The Morgan fingerprint density at radius 3 is 3.00 bits per heavy atom.